The number of likely N-dealkylation sites (N-methyl/N-ethyl adjacent to an activating group) is 1. The topological polar surface area (TPSA) is 365 Å². The van der Waals surface area contributed by atoms with Crippen molar-refractivity contribution in [2.24, 2.45) is 0 Å². The van der Waals surface area contributed by atoms with E-state index in [4.69, 9.17) is 20.3 Å². The number of fused-ring (bicyclic) bond motifs is 2. The average Bonchev–Trinajstić information content (AvgIpc) is 3.76. The van der Waals surface area contributed by atoms with Gasteiger partial charge in [0.2, 0.25) is 5.69 Å². The van der Waals surface area contributed by atoms with Gasteiger partial charge in [-0.05, 0) is 69.2 Å². The van der Waals surface area contributed by atoms with Crippen LogP contribution in [0.4, 0.5) is 17.2 Å². The molecule has 1 saturated heterocycles. The first-order valence-electron chi connectivity index (χ1n) is 20.8. The summed E-state index contributed by atoms with van der Waals surface area (Å²) in [5, 5.41) is 10.5. The van der Waals surface area contributed by atoms with Crippen LogP contribution < -0.4 is 16.3 Å². The summed E-state index contributed by atoms with van der Waals surface area (Å²) >= 11 is 0. The Balaban J connectivity index is 1.17. The molecule has 2 aromatic carbocycles. The van der Waals surface area contributed by atoms with Gasteiger partial charge in [0.15, 0.2) is 5.71 Å². The van der Waals surface area contributed by atoms with E-state index in [1.165, 1.54) is 30.5 Å². The van der Waals surface area contributed by atoms with Crippen molar-refractivity contribution in [3.8, 4) is 11.8 Å². The lowest BCUT2D eigenvalue weighted by molar-refractivity contribution is -0.438. The Morgan fingerprint density at radius 2 is 1.58 bits per heavy atom. The van der Waals surface area contributed by atoms with Crippen LogP contribution in [0.1, 0.15) is 83.2 Å². The number of nitrogen functional groups attached to an aromatic ring is 1. The molecule has 0 aliphatic carbocycles. The van der Waals surface area contributed by atoms with Crippen LogP contribution in [-0.2, 0) is 62.6 Å². The number of nitrogens with two attached hydrogens (primary N) is 1. The maximum atomic E-state index is 12.8. The fourth-order valence-electron chi connectivity index (χ4n) is 8.37. The van der Waals surface area contributed by atoms with Gasteiger partial charge in [-0.3, -0.25) is 18.2 Å². The third kappa shape index (κ3) is 12.3. The predicted molar refractivity (Wildman–Crippen MR) is 247 cm³/mol. The largest absolute Gasteiger partial charge is 0.490 e. The summed E-state index contributed by atoms with van der Waals surface area (Å²) in [6.07, 6.45) is 4.10. The molecule has 0 amide bonds. The van der Waals surface area contributed by atoms with E-state index in [1.807, 2.05) is 52.8 Å². The molecule has 3 unspecified atom stereocenters. The zero-order valence-electron chi connectivity index (χ0n) is 37.5. The van der Waals surface area contributed by atoms with Crippen LogP contribution in [0, 0.1) is 11.8 Å². The number of unbranched alkanes of at least 4 members (excludes halogenated alkanes) is 2. The van der Waals surface area contributed by atoms with Gasteiger partial charge in [-0.15, -0.1) is 0 Å². The van der Waals surface area contributed by atoms with E-state index in [0.29, 0.717) is 37.9 Å². The number of rotatable bonds is 17. The van der Waals surface area contributed by atoms with E-state index in [1.54, 1.807) is 12.1 Å². The Morgan fingerprint density at radius 3 is 2.20 bits per heavy atom. The number of aliphatic hydroxyl groups is 1. The van der Waals surface area contributed by atoms with Gasteiger partial charge in [0, 0.05) is 66.5 Å². The third-order valence-electron chi connectivity index (χ3n) is 11.6. The molecule has 3 aliphatic rings. The number of allylic oxidation sites excluding steroid dienone is 4. The van der Waals surface area contributed by atoms with E-state index in [-0.39, 0.29) is 27.6 Å². The average molecular weight is 1060 g/mol. The molecular formula is C40H51N5O19P3S2+. The summed E-state index contributed by atoms with van der Waals surface area (Å²) in [5.74, 6) is 5.67. The van der Waals surface area contributed by atoms with Crippen molar-refractivity contribution in [2.75, 3.05) is 30.3 Å². The summed E-state index contributed by atoms with van der Waals surface area (Å²) in [6.45, 7) is 9.80. The van der Waals surface area contributed by atoms with Crippen LogP contribution in [-0.4, -0.2) is 102 Å². The quantitative estimate of drug-likeness (QED) is 0.0309. The molecule has 9 N–H and O–H groups in total. The maximum absolute atomic E-state index is 12.8. The van der Waals surface area contributed by atoms with Crippen molar-refractivity contribution in [3.05, 3.63) is 93.7 Å². The van der Waals surface area contributed by atoms with E-state index in [0.717, 1.165) is 32.9 Å². The number of anilines is 2. The zero-order chi connectivity index (χ0) is 51.3. The van der Waals surface area contributed by atoms with Crippen LogP contribution in [0.5, 0.6) is 0 Å². The van der Waals surface area contributed by atoms with Crippen molar-refractivity contribution in [3.63, 3.8) is 0 Å². The van der Waals surface area contributed by atoms with Gasteiger partial charge >= 0.3 is 29.2 Å². The fraction of sp³-hybridized carbons (Fsp3) is 0.425. The van der Waals surface area contributed by atoms with E-state index >= 15 is 0 Å². The highest BCUT2D eigenvalue weighted by atomic mass is 32.2. The first-order chi connectivity index (χ1) is 31.8. The lowest BCUT2D eigenvalue weighted by atomic mass is 9.81. The van der Waals surface area contributed by atoms with Crippen LogP contribution in [0.25, 0.3) is 0 Å². The molecule has 1 fully saturated rings. The van der Waals surface area contributed by atoms with Gasteiger partial charge in [0.1, 0.15) is 24.7 Å². The molecule has 1 aromatic heterocycles. The summed E-state index contributed by atoms with van der Waals surface area (Å²) in [5.41, 5.74) is 8.42. The number of hydrogen-bond donors (Lipinski definition) is 8. The van der Waals surface area contributed by atoms with Crippen molar-refractivity contribution in [1.82, 2.24) is 9.55 Å². The monoisotopic (exact) mass is 1060 g/mol. The fourth-order valence-corrected chi connectivity index (χ4v) is 12.4. The molecule has 4 heterocycles. The number of phosphoric ester groups is 1. The normalized spacial score (nSPS) is 22.3. The van der Waals surface area contributed by atoms with E-state index in [2.05, 4.69) is 39.4 Å². The highest BCUT2D eigenvalue weighted by Gasteiger charge is 2.46. The first kappa shape index (κ1) is 54.1. The van der Waals surface area contributed by atoms with Crippen LogP contribution in [0.15, 0.2) is 81.1 Å². The Kier molecular flexibility index (Phi) is 15.5. The predicted octanol–water partition coefficient (Wildman–Crippen LogP) is 4.17. The molecule has 29 heteroatoms. The molecule has 0 bridgehead atoms. The molecular weight excluding hydrogens is 1010 g/mol. The highest BCUT2D eigenvalue weighted by molar-refractivity contribution is 7.86. The van der Waals surface area contributed by atoms with Gasteiger partial charge in [0.25, 0.3) is 20.2 Å². The Bertz CT molecular complexity index is 3160. The molecule has 376 valence electrons. The number of phosphoric acid groups is 3. The van der Waals surface area contributed by atoms with Crippen LogP contribution in [0.2, 0.25) is 0 Å². The Labute approximate surface area is 396 Å². The van der Waals surface area contributed by atoms with Gasteiger partial charge < -0.3 is 40.1 Å². The Hall–Kier alpha value is -4.22. The Morgan fingerprint density at radius 1 is 0.942 bits per heavy atom. The zero-order valence-corrected chi connectivity index (χ0v) is 41.8. The smallest absolute Gasteiger partial charge is 0.390 e. The van der Waals surface area contributed by atoms with E-state index in [9.17, 15) is 59.3 Å². The number of nitrogens with zero attached hydrogens (tertiary/aromatic N) is 4. The van der Waals surface area contributed by atoms with Crippen molar-refractivity contribution >= 4 is 66.6 Å². The molecule has 6 rings (SSSR count). The van der Waals surface area contributed by atoms with Crippen molar-refractivity contribution in [2.45, 2.75) is 99.4 Å². The number of aromatic nitrogens is 2. The lowest BCUT2D eigenvalue weighted by Crippen LogP contribution is -2.29. The van der Waals surface area contributed by atoms with Gasteiger partial charge in [0.05, 0.1) is 33.5 Å². The lowest BCUT2D eigenvalue weighted by Gasteiger charge is -2.25. The van der Waals surface area contributed by atoms with E-state index < -0.39 is 85.3 Å². The molecule has 3 aromatic rings. The second-order valence-corrected chi connectivity index (χ2v) is 24.3. The minimum absolute atomic E-state index is 0.123. The second-order valence-electron chi connectivity index (χ2n) is 17.1. The number of aliphatic hydroxyl groups excluding tert-OH is 1. The standard InChI is InChI=1S/C40H50N5O19P3S2/c1-6-43-30-17-15-26(68(55,56)57)20-28(30)39(2,3)34(43)13-11-14-35-40(4,5)29-21-27(69(58,59)60)16-18-31(29)44(35)19-10-8-7-9-12-25-23-45(38(47)42-37(25)41)36-22-32(46)33(62-36)24-61-66(51,52)64-67(53,54)63-65(48,49)50/h11,13-18,20-21,23,32-33,36,46H,6-8,10,19,22,24H2,1-5H3,(H7-,41,42,47,48,49,50,51,52,53,54,55,56,57,58,59,60)/p+1/t32?,33-,36-/m1/s1. The molecule has 5 atom stereocenters. The minimum atomic E-state index is -5.79. The van der Waals surface area contributed by atoms with Gasteiger partial charge in [-0.1, -0.05) is 31.8 Å². The van der Waals surface area contributed by atoms with Crippen molar-refractivity contribution < 1.29 is 86.8 Å². The summed E-state index contributed by atoms with van der Waals surface area (Å²) in [6, 6.07) is 8.92. The number of benzene rings is 2. The number of ether oxygens (including phenoxy) is 1. The molecule has 3 aliphatic heterocycles. The summed E-state index contributed by atoms with van der Waals surface area (Å²) < 4.78 is 123. The van der Waals surface area contributed by atoms with Gasteiger partial charge in [-0.2, -0.15) is 35.0 Å². The summed E-state index contributed by atoms with van der Waals surface area (Å²) in [4.78, 5) is 54.8. The maximum Gasteiger partial charge on any atom is 0.490 e. The van der Waals surface area contributed by atoms with Crippen molar-refractivity contribution in [1.29, 1.82) is 0 Å². The van der Waals surface area contributed by atoms with Crippen LogP contribution >= 0.6 is 23.5 Å². The van der Waals surface area contributed by atoms with Crippen LogP contribution in [0.3, 0.4) is 0 Å². The third-order valence-corrected chi connectivity index (χ3v) is 17.1. The molecule has 69 heavy (non-hydrogen) atoms. The SMILES string of the molecule is CCN1/C(=C/C=C/C2=[N+](CCCCC#Cc3cn([C@H]4CC(O)[C@@H](COP(=O)(O)OP(=O)(O)OP(=O)(O)O)O4)c(=O)nc3N)c3ccc(S(=O)(=O)O)cc3C2(C)C)C(C)(C)c2cc(S(=O)(=O)O)ccc21. The molecule has 24 nitrogen and oxygen atoms in total. The summed E-state index contributed by atoms with van der Waals surface area (Å²) in [7, 11) is -25.9. The molecule has 0 spiro atoms. The minimum Gasteiger partial charge on any atom is -0.390 e. The molecule has 0 radical (unpaired) electrons. The molecule has 0 saturated carbocycles. The highest BCUT2D eigenvalue weighted by Crippen LogP contribution is 2.66. The second kappa shape index (κ2) is 19.8. The first-order valence-corrected chi connectivity index (χ1v) is 28.2. The van der Waals surface area contributed by atoms with Gasteiger partial charge in [-0.25, -0.2) is 18.5 Å². The number of hydrogen-bond acceptors (Lipinski definition) is 16.